The van der Waals surface area contributed by atoms with Crippen molar-refractivity contribution in [1.82, 2.24) is 10.2 Å². The van der Waals surface area contributed by atoms with Crippen LogP contribution in [0, 0.1) is 11.8 Å². The summed E-state index contributed by atoms with van der Waals surface area (Å²) in [7, 11) is 0. The molecule has 1 aliphatic carbocycles. The van der Waals surface area contributed by atoms with Gasteiger partial charge in [0.15, 0.2) is 0 Å². The van der Waals surface area contributed by atoms with Crippen LogP contribution in [0.5, 0.6) is 0 Å². The van der Waals surface area contributed by atoms with Crippen molar-refractivity contribution in [1.29, 1.82) is 0 Å². The number of carbonyl (C=O) groups excluding carboxylic acids is 3. The Morgan fingerprint density at radius 1 is 0.966 bits per heavy atom. The van der Waals surface area contributed by atoms with Gasteiger partial charge in [-0.1, -0.05) is 26.2 Å². The van der Waals surface area contributed by atoms with Crippen LogP contribution < -0.4 is 10.6 Å². The zero-order valence-electron chi connectivity index (χ0n) is 17.4. The van der Waals surface area contributed by atoms with Crippen molar-refractivity contribution in [2.45, 2.75) is 58.3 Å². The largest absolute Gasteiger partial charge is 0.356 e. The quantitative estimate of drug-likeness (QED) is 0.767. The third kappa shape index (κ3) is 6.05. The molecule has 0 radical (unpaired) electrons. The topological polar surface area (TPSA) is 78.5 Å². The van der Waals surface area contributed by atoms with E-state index < -0.39 is 0 Å². The monoisotopic (exact) mass is 399 g/mol. The lowest BCUT2D eigenvalue weighted by Crippen LogP contribution is -2.43. The first kappa shape index (κ1) is 21.3. The van der Waals surface area contributed by atoms with Crippen LogP contribution in [-0.2, 0) is 9.59 Å². The fraction of sp³-hybridized carbons (Fsp3) is 0.609. The Kier molecular flexibility index (Phi) is 7.67. The van der Waals surface area contributed by atoms with Crippen LogP contribution >= 0.6 is 0 Å². The second-order valence-electron chi connectivity index (χ2n) is 8.29. The minimum atomic E-state index is -0.0482. The number of piperidine rings is 1. The molecule has 1 aromatic rings. The van der Waals surface area contributed by atoms with Crippen LogP contribution in [0.2, 0.25) is 0 Å². The van der Waals surface area contributed by atoms with E-state index in [0.717, 1.165) is 6.54 Å². The summed E-state index contributed by atoms with van der Waals surface area (Å²) in [6.07, 6.45) is 8.21. The van der Waals surface area contributed by atoms with E-state index in [2.05, 4.69) is 10.6 Å². The highest BCUT2D eigenvalue weighted by atomic mass is 16.2. The van der Waals surface area contributed by atoms with E-state index in [0.29, 0.717) is 49.5 Å². The minimum Gasteiger partial charge on any atom is -0.356 e. The van der Waals surface area contributed by atoms with Crippen LogP contribution in [0.3, 0.4) is 0 Å². The fourth-order valence-electron chi connectivity index (χ4n) is 4.25. The number of likely N-dealkylation sites (tertiary alicyclic amines) is 1. The van der Waals surface area contributed by atoms with Gasteiger partial charge in [-0.15, -0.1) is 0 Å². The molecular formula is C23H33N3O3. The lowest BCUT2D eigenvalue weighted by Gasteiger charge is -2.32. The summed E-state index contributed by atoms with van der Waals surface area (Å²) in [5.74, 6) is 0.736. The van der Waals surface area contributed by atoms with E-state index in [1.54, 1.807) is 31.2 Å². The van der Waals surface area contributed by atoms with Crippen molar-refractivity contribution in [3.63, 3.8) is 0 Å². The van der Waals surface area contributed by atoms with Crippen LogP contribution in [0.4, 0.5) is 5.69 Å². The summed E-state index contributed by atoms with van der Waals surface area (Å²) >= 11 is 0. The van der Waals surface area contributed by atoms with Gasteiger partial charge >= 0.3 is 0 Å². The molecule has 1 saturated carbocycles. The molecule has 0 aromatic heterocycles. The molecule has 0 atom stereocenters. The average Bonchev–Trinajstić information content (AvgIpc) is 2.78. The molecule has 0 spiro atoms. The van der Waals surface area contributed by atoms with Crippen LogP contribution in [-0.4, -0.2) is 42.3 Å². The predicted molar refractivity (Wildman–Crippen MR) is 114 cm³/mol. The third-order valence-electron chi connectivity index (χ3n) is 6.18. The van der Waals surface area contributed by atoms with Crippen molar-refractivity contribution in [3.05, 3.63) is 29.8 Å². The molecule has 1 aliphatic heterocycles. The Morgan fingerprint density at radius 2 is 1.62 bits per heavy atom. The van der Waals surface area contributed by atoms with Crippen LogP contribution in [0.15, 0.2) is 24.3 Å². The summed E-state index contributed by atoms with van der Waals surface area (Å²) in [5, 5.41) is 5.93. The molecule has 2 aliphatic rings. The Morgan fingerprint density at radius 3 is 2.24 bits per heavy atom. The van der Waals surface area contributed by atoms with Crippen molar-refractivity contribution in [3.8, 4) is 0 Å². The number of hydrogen-bond donors (Lipinski definition) is 2. The molecule has 3 amide bonds. The molecule has 158 valence electrons. The zero-order valence-corrected chi connectivity index (χ0v) is 17.4. The van der Waals surface area contributed by atoms with Crippen molar-refractivity contribution in [2.75, 3.05) is 25.0 Å². The number of nitrogens with one attached hydrogen (secondary N) is 2. The number of amides is 3. The molecule has 0 unspecified atom stereocenters. The molecular weight excluding hydrogens is 366 g/mol. The lowest BCUT2D eigenvalue weighted by atomic mass is 9.89. The van der Waals surface area contributed by atoms with Gasteiger partial charge in [-0.3, -0.25) is 14.4 Å². The standard InChI is InChI=1S/C23H33N3O3/c1-2-21(27)25-20-10-8-19(9-11-20)23(29)26-14-12-18(13-15-26)22(28)24-16-17-6-4-3-5-7-17/h8-11,17-18H,2-7,12-16H2,1H3,(H,24,28)(H,25,27). The highest BCUT2D eigenvalue weighted by Crippen LogP contribution is 2.24. The number of nitrogens with zero attached hydrogens (tertiary/aromatic N) is 1. The average molecular weight is 400 g/mol. The summed E-state index contributed by atoms with van der Waals surface area (Å²) in [5.41, 5.74) is 1.31. The number of rotatable bonds is 6. The summed E-state index contributed by atoms with van der Waals surface area (Å²) < 4.78 is 0. The molecule has 1 saturated heterocycles. The van der Waals surface area contributed by atoms with Gasteiger partial charge in [0.1, 0.15) is 0 Å². The van der Waals surface area contributed by atoms with Gasteiger partial charge in [0.2, 0.25) is 11.8 Å². The van der Waals surface area contributed by atoms with E-state index in [-0.39, 0.29) is 23.6 Å². The van der Waals surface area contributed by atoms with Crippen LogP contribution in [0.25, 0.3) is 0 Å². The number of carbonyl (C=O) groups is 3. The SMILES string of the molecule is CCC(=O)Nc1ccc(C(=O)N2CCC(C(=O)NCC3CCCCC3)CC2)cc1. The maximum Gasteiger partial charge on any atom is 0.253 e. The summed E-state index contributed by atoms with van der Waals surface area (Å²) in [4.78, 5) is 38.5. The van der Waals surface area contributed by atoms with E-state index in [1.165, 1.54) is 32.1 Å². The molecule has 2 fully saturated rings. The maximum absolute atomic E-state index is 12.7. The first-order valence-corrected chi connectivity index (χ1v) is 11.0. The van der Waals surface area contributed by atoms with Crippen molar-refractivity contribution >= 4 is 23.4 Å². The zero-order chi connectivity index (χ0) is 20.6. The molecule has 0 bridgehead atoms. The molecule has 6 nitrogen and oxygen atoms in total. The Balaban J connectivity index is 1.44. The number of benzene rings is 1. The second kappa shape index (κ2) is 10.4. The third-order valence-corrected chi connectivity index (χ3v) is 6.18. The Hall–Kier alpha value is -2.37. The second-order valence-corrected chi connectivity index (χ2v) is 8.29. The van der Waals surface area contributed by atoms with Gasteiger partial charge in [-0.25, -0.2) is 0 Å². The van der Waals surface area contributed by atoms with Crippen molar-refractivity contribution < 1.29 is 14.4 Å². The Bertz CT molecular complexity index is 703. The minimum absolute atomic E-state index is 0.00859. The normalized spacial score (nSPS) is 18.3. The highest BCUT2D eigenvalue weighted by molar-refractivity contribution is 5.96. The summed E-state index contributed by atoms with van der Waals surface area (Å²) in [6, 6.07) is 7.01. The first-order valence-electron chi connectivity index (χ1n) is 11.0. The van der Waals surface area contributed by atoms with Crippen molar-refractivity contribution in [2.24, 2.45) is 11.8 Å². The highest BCUT2D eigenvalue weighted by Gasteiger charge is 2.28. The van der Waals surface area contributed by atoms with E-state index in [4.69, 9.17) is 0 Å². The van der Waals surface area contributed by atoms with E-state index >= 15 is 0 Å². The predicted octanol–water partition coefficient (Wildman–Crippen LogP) is 3.58. The molecule has 6 heteroatoms. The summed E-state index contributed by atoms with van der Waals surface area (Å²) in [6.45, 7) is 3.81. The number of hydrogen-bond acceptors (Lipinski definition) is 3. The van der Waals surface area contributed by atoms with Gasteiger partial charge in [0.25, 0.3) is 5.91 Å². The number of anilines is 1. The molecule has 3 rings (SSSR count). The van der Waals surface area contributed by atoms with E-state index in [9.17, 15) is 14.4 Å². The Labute approximate surface area is 173 Å². The molecule has 29 heavy (non-hydrogen) atoms. The van der Waals surface area contributed by atoms with Gasteiger partial charge in [0, 0.05) is 43.2 Å². The fourth-order valence-corrected chi connectivity index (χ4v) is 4.25. The molecule has 1 aromatic carbocycles. The van der Waals surface area contributed by atoms with Gasteiger partial charge < -0.3 is 15.5 Å². The molecule has 1 heterocycles. The van der Waals surface area contributed by atoms with Gasteiger partial charge in [-0.2, -0.15) is 0 Å². The van der Waals surface area contributed by atoms with Gasteiger partial charge in [0.05, 0.1) is 0 Å². The van der Waals surface area contributed by atoms with Gasteiger partial charge in [-0.05, 0) is 55.9 Å². The lowest BCUT2D eigenvalue weighted by molar-refractivity contribution is -0.126. The maximum atomic E-state index is 12.7. The van der Waals surface area contributed by atoms with E-state index in [1.807, 2.05) is 4.90 Å². The first-order chi connectivity index (χ1) is 14.1. The van der Waals surface area contributed by atoms with Crippen LogP contribution in [0.1, 0.15) is 68.6 Å². The smallest absolute Gasteiger partial charge is 0.253 e. The molecule has 2 N–H and O–H groups in total.